The molecule has 88 valence electrons. The second-order valence-corrected chi connectivity index (χ2v) is 3.80. The van der Waals surface area contributed by atoms with Crippen LogP contribution in [0.3, 0.4) is 0 Å². The van der Waals surface area contributed by atoms with Crippen molar-refractivity contribution in [3.63, 3.8) is 0 Å². The summed E-state index contributed by atoms with van der Waals surface area (Å²) in [5.41, 5.74) is 1.61. The second kappa shape index (κ2) is 4.95. The zero-order valence-corrected chi connectivity index (χ0v) is 9.41. The van der Waals surface area contributed by atoms with Crippen molar-refractivity contribution in [2.45, 2.75) is 13.5 Å². The van der Waals surface area contributed by atoms with Crippen LogP contribution in [0.5, 0.6) is 5.75 Å². The van der Waals surface area contributed by atoms with Gasteiger partial charge in [0.2, 0.25) is 0 Å². The summed E-state index contributed by atoms with van der Waals surface area (Å²) in [5.74, 6) is -0.947. The van der Waals surface area contributed by atoms with Crippen molar-refractivity contribution in [3.8, 4) is 5.75 Å². The Bertz CT molecular complexity index is 523. The Balaban J connectivity index is 2.08. The average molecular weight is 234 g/mol. The summed E-state index contributed by atoms with van der Waals surface area (Å²) in [6.45, 7) is 2.16. The first-order chi connectivity index (χ1) is 8.16. The topological polar surface area (TPSA) is 9.23 Å². The number of para-hydroxylation sites is 1. The van der Waals surface area contributed by atoms with E-state index in [1.807, 2.05) is 31.2 Å². The number of ether oxygens (including phenoxy) is 1. The van der Waals surface area contributed by atoms with Crippen molar-refractivity contribution in [3.05, 3.63) is 65.2 Å². The lowest BCUT2D eigenvalue weighted by molar-refractivity contribution is 0.303. The fourth-order valence-corrected chi connectivity index (χ4v) is 1.51. The van der Waals surface area contributed by atoms with Crippen LogP contribution in [-0.4, -0.2) is 0 Å². The largest absolute Gasteiger partial charge is 0.489 e. The van der Waals surface area contributed by atoms with Crippen LogP contribution < -0.4 is 4.74 Å². The molecule has 0 unspecified atom stereocenters. The SMILES string of the molecule is Cc1ccccc1OCc1ccc(F)c(F)c1. The monoisotopic (exact) mass is 234 g/mol. The van der Waals surface area contributed by atoms with Gasteiger partial charge in [-0.15, -0.1) is 0 Å². The molecule has 0 fully saturated rings. The van der Waals surface area contributed by atoms with Gasteiger partial charge in [-0.25, -0.2) is 8.78 Å². The fraction of sp³-hybridized carbons (Fsp3) is 0.143. The summed E-state index contributed by atoms with van der Waals surface area (Å²) in [6, 6.07) is 11.3. The number of aryl methyl sites for hydroxylation is 1. The standard InChI is InChI=1S/C14H12F2O/c1-10-4-2-3-5-14(10)17-9-11-6-7-12(15)13(16)8-11/h2-8H,9H2,1H3. The summed E-state index contributed by atoms with van der Waals surface area (Å²) in [5, 5.41) is 0. The first-order valence-electron chi connectivity index (χ1n) is 5.29. The first-order valence-corrected chi connectivity index (χ1v) is 5.29. The van der Waals surface area contributed by atoms with Crippen molar-refractivity contribution in [2.75, 3.05) is 0 Å². The Kier molecular flexibility index (Phi) is 3.38. The summed E-state index contributed by atoms with van der Waals surface area (Å²) >= 11 is 0. The zero-order chi connectivity index (χ0) is 12.3. The van der Waals surface area contributed by atoms with Gasteiger partial charge in [0.05, 0.1) is 0 Å². The molecule has 0 heterocycles. The molecule has 0 N–H and O–H groups in total. The van der Waals surface area contributed by atoms with E-state index in [0.29, 0.717) is 5.56 Å². The number of hydrogen-bond donors (Lipinski definition) is 0. The smallest absolute Gasteiger partial charge is 0.159 e. The molecule has 2 aromatic rings. The van der Waals surface area contributed by atoms with E-state index in [-0.39, 0.29) is 6.61 Å². The summed E-state index contributed by atoms with van der Waals surface area (Å²) in [4.78, 5) is 0. The summed E-state index contributed by atoms with van der Waals surface area (Å²) < 4.78 is 31.2. The third-order valence-corrected chi connectivity index (χ3v) is 2.47. The molecule has 2 aromatic carbocycles. The predicted octanol–water partition coefficient (Wildman–Crippen LogP) is 3.85. The number of halogens is 2. The van der Waals surface area contributed by atoms with Crippen LogP contribution in [-0.2, 0) is 6.61 Å². The van der Waals surface area contributed by atoms with Crippen LogP contribution in [0.25, 0.3) is 0 Å². The maximum atomic E-state index is 13.0. The Hall–Kier alpha value is -1.90. The highest BCUT2D eigenvalue weighted by Gasteiger charge is 2.03. The van der Waals surface area contributed by atoms with Gasteiger partial charge in [-0.1, -0.05) is 24.3 Å². The molecule has 0 saturated heterocycles. The molecular weight excluding hydrogens is 222 g/mol. The number of rotatable bonds is 3. The van der Waals surface area contributed by atoms with Gasteiger partial charge in [0.25, 0.3) is 0 Å². The van der Waals surface area contributed by atoms with E-state index >= 15 is 0 Å². The number of benzene rings is 2. The van der Waals surface area contributed by atoms with Crippen LogP contribution in [0.4, 0.5) is 8.78 Å². The van der Waals surface area contributed by atoms with Gasteiger partial charge >= 0.3 is 0 Å². The molecule has 3 heteroatoms. The Labute approximate surface area is 98.7 Å². The maximum Gasteiger partial charge on any atom is 0.159 e. The molecular formula is C14H12F2O. The highest BCUT2D eigenvalue weighted by atomic mass is 19.2. The minimum Gasteiger partial charge on any atom is -0.489 e. The van der Waals surface area contributed by atoms with E-state index in [1.165, 1.54) is 6.07 Å². The second-order valence-electron chi connectivity index (χ2n) is 3.80. The van der Waals surface area contributed by atoms with E-state index in [1.54, 1.807) is 0 Å². The minimum absolute atomic E-state index is 0.224. The van der Waals surface area contributed by atoms with E-state index in [2.05, 4.69) is 0 Å². The van der Waals surface area contributed by atoms with E-state index in [0.717, 1.165) is 23.4 Å². The van der Waals surface area contributed by atoms with Gasteiger partial charge in [-0.3, -0.25) is 0 Å². The summed E-state index contributed by atoms with van der Waals surface area (Å²) in [6.07, 6.45) is 0. The molecule has 0 radical (unpaired) electrons. The van der Waals surface area contributed by atoms with Gasteiger partial charge in [0, 0.05) is 0 Å². The van der Waals surface area contributed by atoms with Gasteiger partial charge in [0.15, 0.2) is 11.6 Å². The first kappa shape index (κ1) is 11.6. The van der Waals surface area contributed by atoms with Crippen molar-refractivity contribution in [1.29, 1.82) is 0 Å². The lowest BCUT2D eigenvalue weighted by atomic mass is 10.2. The van der Waals surface area contributed by atoms with Crippen LogP contribution >= 0.6 is 0 Å². The van der Waals surface area contributed by atoms with Crippen LogP contribution in [0.2, 0.25) is 0 Å². The van der Waals surface area contributed by atoms with Crippen LogP contribution in [0.15, 0.2) is 42.5 Å². The Morgan fingerprint density at radius 3 is 2.47 bits per heavy atom. The van der Waals surface area contributed by atoms with Gasteiger partial charge in [0.1, 0.15) is 12.4 Å². The number of hydrogen-bond acceptors (Lipinski definition) is 1. The van der Waals surface area contributed by atoms with Crippen molar-refractivity contribution in [2.24, 2.45) is 0 Å². The minimum atomic E-state index is -0.851. The van der Waals surface area contributed by atoms with Crippen molar-refractivity contribution >= 4 is 0 Å². The van der Waals surface area contributed by atoms with Crippen LogP contribution in [0.1, 0.15) is 11.1 Å². The molecule has 0 bridgehead atoms. The summed E-state index contributed by atoms with van der Waals surface area (Å²) in [7, 11) is 0. The van der Waals surface area contributed by atoms with Gasteiger partial charge in [-0.05, 0) is 36.2 Å². The Morgan fingerprint density at radius 2 is 1.76 bits per heavy atom. The third-order valence-electron chi connectivity index (χ3n) is 2.47. The molecule has 0 saturated carbocycles. The van der Waals surface area contributed by atoms with E-state index in [4.69, 9.17) is 4.74 Å². The van der Waals surface area contributed by atoms with E-state index in [9.17, 15) is 8.78 Å². The molecule has 0 aliphatic carbocycles. The fourth-order valence-electron chi connectivity index (χ4n) is 1.51. The molecule has 2 rings (SSSR count). The molecule has 17 heavy (non-hydrogen) atoms. The quantitative estimate of drug-likeness (QED) is 0.783. The highest BCUT2D eigenvalue weighted by molar-refractivity contribution is 5.32. The molecule has 0 spiro atoms. The predicted molar refractivity (Wildman–Crippen MR) is 61.9 cm³/mol. The molecule has 0 aromatic heterocycles. The highest BCUT2D eigenvalue weighted by Crippen LogP contribution is 2.18. The van der Waals surface area contributed by atoms with Crippen molar-refractivity contribution in [1.82, 2.24) is 0 Å². The zero-order valence-electron chi connectivity index (χ0n) is 9.41. The van der Waals surface area contributed by atoms with Gasteiger partial charge < -0.3 is 4.74 Å². The van der Waals surface area contributed by atoms with Crippen LogP contribution in [0, 0.1) is 18.6 Å². The van der Waals surface area contributed by atoms with Gasteiger partial charge in [-0.2, -0.15) is 0 Å². The Morgan fingerprint density at radius 1 is 1.00 bits per heavy atom. The van der Waals surface area contributed by atoms with E-state index < -0.39 is 11.6 Å². The lowest BCUT2D eigenvalue weighted by Crippen LogP contribution is -1.98. The average Bonchev–Trinajstić information content (AvgIpc) is 2.32. The molecule has 1 nitrogen and oxygen atoms in total. The molecule has 0 amide bonds. The normalized spacial score (nSPS) is 10.3. The molecule has 0 aliphatic rings. The van der Waals surface area contributed by atoms with Crippen molar-refractivity contribution < 1.29 is 13.5 Å². The maximum absolute atomic E-state index is 13.0. The molecule has 0 atom stereocenters. The molecule has 0 aliphatic heterocycles. The lowest BCUT2D eigenvalue weighted by Gasteiger charge is -2.08. The third kappa shape index (κ3) is 2.81.